The number of hydrogen-bond acceptors (Lipinski definition) is 2. The predicted octanol–water partition coefficient (Wildman–Crippen LogP) is 4.78. The van der Waals surface area contributed by atoms with Crippen LogP contribution in [0.15, 0.2) is 36.4 Å². The van der Waals surface area contributed by atoms with Crippen molar-refractivity contribution in [2.45, 2.75) is 25.5 Å². The van der Waals surface area contributed by atoms with Crippen molar-refractivity contribution in [1.29, 1.82) is 0 Å². The lowest BCUT2D eigenvalue weighted by atomic mass is 10.1. The lowest BCUT2D eigenvalue weighted by molar-refractivity contribution is 0.306. The van der Waals surface area contributed by atoms with Gasteiger partial charge in [-0.25, -0.2) is 0 Å². The van der Waals surface area contributed by atoms with Gasteiger partial charge >= 0.3 is 0 Å². The van der Waals surface area contributed by atoms with E-state index in [2.05, 4.69) is 17.4 Å². The van der Waals surface area contributed by atoms with Crippen molar-refractivity contribution in [3.05, 3.63) is 63.1 Å². The van der Waals surface area contributed by atoms with Crippen molar-refractivity contribution in [1.82, 2.24) is 5.32 Å². The average Bonchev–Trinajstić information content (AvgIpc) is 2.91. The first kappa shape index (κ1) is 14.7. The maximum absolute atomic E-state index is 6.17. The standard InChI is InChI=1S/C17H17Cl2NO/c1-20-16-8-5-11-9-13(6-7-14(11)16)21-10-12-3-2-4-15(18)17(12)19/h2-4,6-7,9,16,20H,5,8,10H2,1H3. The zero-order chi connectivity index (χ0) is 14.8. The average molecular weight is 322 g/mol. The normalized spacial score (nSPS) is 16.8. The van der Waals surface area contributed by atoms with Crippen LogP contribution in [0.5, 0.6) is 5.75 Å². The quantitative estimate of drug-likeness (QED) is 0.875. The SMILES string of the molecule is CNC1CCc2cc(OCc3cccc(Cl)c3Cl)ccc21. The highest BCUT2D eigenvalue weighted by atomic mass is 35.5. The second-order valence-corrected chi connectivity index (χ2v) is 6.03. The molecule has 1 aliphatic carbocycles. The highest BCUT2D eigenvalue weighted by molar-refractivity contribution is 6.42. The van der Waals surface area contributed by atoms with Crippen LogP contribution in [0.4, 0.5) is 0 Å². The van der Waals surface area contributed by atoms with Crippen molar-refractivity contribution < 1.29 is 4.74 Å². The molecule has 0 spiro atoms. The zero-order valence-electron chi connectivity index (χ0n) is 11.8. The number of nitrogens with one attached hydrogen (secondary N) is 1. The van der Waals surface area contributed by atoms with Gasteiger partial charge < -0.3 is 10.1 Å². The van der Waals surface area contributed by atoms with Crippen LogP contribution in [0.1, 0.15) is 29.2 Å². The van der Waals surface area contributed by atoms with Gasteiger partial charge in [0, 0.05) is 11.6 Å². The summed E-state index contributed by atoms with van der Waals surface area (Å²) in [5, 5.41) is 4.46. The molecule has 0 heterocycles. The van der Waals surface area contributed by atoms with Crippen LogP contribution < -0.4 is 10.1 Å². The van der Waals surface area contributed by atoms with Crippen LogP contribution in [-0.4, -0.2) is 7.05 Å². The minimum Gasteiger partial charge on any atom is -0.489 e. The van der Waals surface area contributed by atoms with Crippen molar-refractivity contribution in [2.24, 2.45) is 0 Å². The Morgan fingerprint density at radius 3 is 2.90 bits per heavy atom. The molecule has 1 N–H and O–H groups in total. The van der Waals surface area contributed by atoms with Crippen LogP contribution >= 0.6 is 23.2 Å². The number of hydrogen-bond donors (Lipinski definition) is 1. The monoisotopic (exact) mass is 321 g/mol. The number of aryl methyl sites for hydroxylation is 1. The molecular formula is C17H17Cl2NO. The summed E-state index contributed by atoms with van der Waals surface area (Å²) in [5.74, 6) is 0.876. The van der Waals surface area contributed by atoms with Gasteiger partial charge in [0.25, 0.3) is 0 Å². The molecular weight excluding hydrogens is 305 g/mol. The molecule has 0 saturated carbocycles. The van der Waals surface area contributed by atoms with E-state index in [-0.39, 0.29) is 0 Å². The van der Waals surface area contributed by atoms with Crippen LogP contribution in [0.25, 0.3) is 0 Å². The van der Waals surface area contributed by atoms with Crippen molar-refractivity contribution >= 4 is 23.2 Å². The highest BCUT2D eigenvalue weighted by Crippen LogP contribution is 2.33. The van der Waals surface area contributed by atoms with E-state index in [9.17, 15) is 0 Å². The van der Waals surface area contributed by atoms with Gasteiger partial charge in [-0.05, 0) is 49.2 Å². The first-order chi connectivity index (χ1) is 10.2. The largest absolute Gasteiger partial charge is 0.489 e. The second-order valence-electron chi connectivity index (χ2n) is 5.24. The molecule has 0 fully saturated rings. The van der Waals surface area contributed by atoms with Crippen molar-refractivity contribution in [3.63, 3.8) is 0 Å². The Morgan fingerprint density at radius 2 is 2.10 bits per heavy atom. The van der Waals surface area contributed by atoms with Gasteiger partial charge in [-0.3, -0.25) is 0 Å². The third-order valence-electron chi connectivity index (χ3n) is 3.97. The molecule has 21 heavy (non-hydrogen) atoms. The number of benzene rings is 2. The third-order valence-corrected chi connectivity index (χ3v) is 4.82. The van der Waals surface area contributed by atoms with Crippen LogP contribution in [0.3, 0.4) is 0 Å². The van der Waals surface area contributed by atoms with Gasteiger partial charge in [-0.2, -0.15) is 0 Å². The molecule has 3 rings (SSSR count). The summed E-state index contributed by atoms with van der Waals surface area (Å²) >= 11 is 12.2. The third kappa shape index (κ3) is 3.03. The molecule has 4 heteroatoms. The van der Waals surface area contributed by atoms with Gasteiger partial charge in [-0.1, -0.05) is 41.4 Å². The number of halogens is 2. The molecule has 1 atom stereocenters. The molecule has 0 bridgehead atoms. The topological polar surface area (TPSA) is 21.3 Å². The molecule has 1 aliphatic rings. The van der Waals surface area contributed by atoms with Crippen molar-refractivity contribution in [3.8, 4) is 5.75 Å². The van der Waals surface area contributed by atoms with E-state index in [1.165, 1.54) is 11.1 Å². The summed E-state index contributed by atoms with van der Waals surface area (Å²) in [6.45, 7) is 0.424. The first-order valence-electron chi connectivity index (χ1n) is 7.05. The van der Waals surface area contributed by atoms with E-state index in [0.29, 0.717) is 22.7 Å². The summed E-state index contributed by atoms with van der Waals surface area (Å²) in [7, 11) is 2.01. The predicted molar refractivity (Wildman–Crippen MR) is 87.4 cm³/mol. The summed E-state index contributed by atoms with van der Waals surface area (Å²) in [6, 6.07) is 12.4. The Kier molecular flexibility index (Phi) is 4.39. The number of rotatable bonds is 4. The molecule has 2 aromatic rings. The van der Waals surface area contributed by atoms with Gasteiger partial charge in [0.1, 0.15) is 12.4 Å². The lowest BCUT2D eigenvalue weighted by Gasteiger charge is -2.12. The first-order valence-corrected chi connectivity index (χ1v) is 7.80. The molecule has 2 nitrogen and oxygen atoms in total. The lowest BCUT2D eigenvalue weighted by Crippen LogP contribution is -2.12. The Bertz CT molecular complexity index is 657. The molecule has 0 amide bonds. The zero-order valence-corrected chi connectivity index (χ0v) is 13.3. The van der Waals surface area contributed by atoms with E-state index in [1.54, 1.807) is 6.07 Å². The summed E-state index contributed by atoms with van der Waals surface area (Å²) in [5.41, 5.74) is 3.65. The summed E-state index contributed by atoms with van der Waals surface area (Å²) in [4.78, 5) is 0. The molecule has 0 saturated heterocycles. The van der Waals surface area contributed by atoms with Gasteiger partial charge in [0.05, 0.1) is 10.0 Å². The smallest absolute Gasteiger partial charge is 0.120 e. The van der Waals surface area contributed by atoms with E-state index < -0.39 is 0 Å². The van der Waals surface area contributed by atoms with E-state index >= 15 is 0 Å². The second kappa shape index (κ2) is 6.27. The summed E-state index contributed by atoms with van der Waals surface area (Å²) in [6.07, 6.45) is 2.24. The molecule has 2 aromatic carbocycles. The van der Waals surface area contributed by atoms with Crippen molar-refractivity contribution in [2.75, 3.05) is 7.05 Å². The Hall–Kier alpha value is -1.22. The molecule has 1 unspecified atom stereocenters. The fourth-order valence-electron chi connectivity index (χ4n) is 2.80. The van der Waals surface area contributed by atoms with E-state index in [4.69, 9.17) is 27.9 Å². The minimum atomic E-state index is 0.424. The fourth-order valence-corrected chi connectivity index (χ4v) is 3.18. The number of fused-ring (bicyclic) bond motifs is 1. The minimum absolute atomic E-state index is 0.424. The molecule has 0 aromatic heterocycles. The highest BCUT2D eigenvalue weighted by Gasteiger charge is 2.21. The van der Waals surface area contributed by atoms with Crippen LogP contribution in [0, 0.1) is 0 Å². The van der Waals surface area contributed by atoms with Crippen LogP contribution in [-0.2, 0) is 13.0 Å². The maximum atomic E-state index is 6.17. The van der Waals surface area contributed by atoms with E-state index in [1.807, 2.05) is 25.2 Å². The van der Waals surface area contributed by atoms with Crippen LogP contribution in [0.2, 0.25) is 10.0 Å². The van der Waals surface area contributed by atoms with Gasteiger partial charge in [0.2, 0.25) is 0 Å². The summed E-state index contributed by atoms with van der Waals surface area (Å²) < 4.78 is 5.86. The van der Waals surface area contributed by atoms with Gasteiger partial charge in [-0.15, -0.1) is 0 Å². The number of ether oxygens (including phenoxy) is 1. The Morgan fingerprint density at radius 1 is 1.24 bits per heavy atom. The molecule has 0 radical (unpaired) electrons. The fraction of sp³-hybridized carbons (Fsp3) is 0.294. The molecule has 110 valence electrons. The Labute approximate surface area is 135 Å². The maximum Gasteiger partial charge on any atom is 0.120 e. The van der Waals surface area contributed by atoms with Gasteiger partial charge in [0.15, 0.2) is 0 Å². The Balaban J connectivity index is 1.73. The molecule has 0 aliphatic heterocycles. The van der Waals surface area contributed by atoms with E-state index in [0.717, 1.165) is 24.2 Å².